The molecule has 0 saturated carbocycles. The molecule has 0 unspecified atom stereocenters. The van der Waals surface area contributed by atoms with Crippen LogP contribution in [0, 0.1) is 0 Å². The Morgan fingerprint density at radius 3 is 2.30 bits per heavy atom. The molecule has 0 atom stereocenters. The molecule has 0 radical (unpaired) electrons. The number of hydrogen-bond donors (Lipinski definition) is 1. The number of nitrogens with two attached hydrogens (primary N) is 1. The lowest BCUT2D eigenvalue weighted by Gasteiger charge is -2.36. The van der Waals surface area contributed by atoms with Gasteiger partial charge in [0, 0.05) is 43.5 Å². The Labute approximate surface area is 185 Å². The molecule has 0 aliphatic carbocycles. The summed E-state index contributed by atoms with van der Waals surface area (Å²) in [7, 11) is 0. The number of anilines is 1. The van der Waals surface area contributed by atoms with Crippen LogP contribution < -0.4 is 10.6 Å². The molecule has 1 aliphatic heterocycles. The van der Waals surface area contributed by atoms with Crippen LogP contribution in [-0.2, 0) is 9.47 Å². The summed E-state index contributed by atoms with van der Waals surface area (Å²) < 4.78 is 11.0. The fourth-order valence-electron chi connectivity index (χ4n) is 2.74. The maximum Gasteiger partial charge on any atom is 0.191 e. The van der Waals surface area contributed by atoms with E-state index in [1.54, 1.807) is 0 Å². The van der Waals surface area contributed by atoms with Crippen LogP contribution in [0.2, 0.25) is 5.02 Å². The van der Waals surface area contributed by atoms with Gasteiger partial charge in [-0.15, -0.1) is 24.0 Å². The van der Waals surface area contributed by atoms with E-state index in [1.165, 1.54) is 5.69 Å². The van der Waals surface area contributed by atoms with Crippen molar-refractivity contribution in [3.63, 3.8) is 0 Å². The molecule has 1 fully saturated rings. The number of unbranched alkanes of at least 4 members (excludes halogenated alkanes) is 1. The molecule has 1 saturated heterocycles. The number of rotatable bonds is 10. The fraction of sp³-hybridized carbons (Fsp3) is 0.632. The van der Waals surface area contributed by atoms with Crippen molar-refractivity contribution in [3.05, 3.63) is 29.3 Å². The van der Waals surface area contributed by atoms with Crippen LogP contribution in [0.5, 0.6) is 0 Å². The van der Waals surface area contributed by atoms with E-state index < -0.39 is 0 Å². The number of piperazine rings is 1. The monoisotopic (exact) mass is 510 g/mol. The van der Waals surface area contributed by atoms with Crippen molar-refractivity contribution in [1.82, 2.24) is 4.90 Å². The van der Waals surface area contributed by atoms with Crippen molar-refractivity contribution in [3.8, 4) is 0 Å². The van der Waals surface area contributed by atoms with Crippen LogP contribution >= 0.6 is 35.6 Å². The zero-order valence-electron chi connectivity index (χ0n) is 16.1. The van der Waals surface area contributed by atoms with Crippen molar-refractivity contribution in [1.29, 1.82) is 0 Å². The molecule has 1 aliphatic rings. The molecular weight excluding hydrogens is 479 g/mol. The summed E-state index contributed by atoms with van der Waals surface area (Å²) in [6.45, 7) is 8.94. The third-order valence-electron chi connectivity index (χ3n) is 4.32. The number of nitrogens with zero attached hydrogens (tertiary/aromatic N) is 3. The number of guanidine groups is 1. The average molecular weight is 511 g/mol. The van der Waals surface area contributed by atoms with Gasteiger partial charge in [0.1, 0.15) is 0 Å². The standard InChI is InChI=1S/C19H31ClN4O2.HI/c1-2-3-13-25-15-16-26-14-8-22-19(21)24-11-9-23(10-12-24)18-6-4-17(20)5-7-18;/h4-7H,2-3,8-16H2,1H3,(H2,21,22);1H. The second-order valence-electron chi connectivity index (χ2n) is 6.27. The van der Waals surface area contributed by atoms with E-state index in [0.717, 1.165) is 50.7 Å². The minimum atomic E-state index is 0. The molecule has 1 aromatic carbocycles. The Kier molecular flexibility index (Phi) is 12.8. The van der Waals surface area contributed by atoms with E-state index in [0.29, 0.717) is 32.3 Å². The van der Waals surface area contributed by atoms with Gasteiger partial charge in [-0.2, -0.15) is 0 Å². The summed E-state index contributed by atoms with van der Waals surface area (Å²) in [6, 6.07) is 7.96. The Morgan fingerprint density at radius 2 is 1.67 bits per heavy atom. The lowest BCUT2D eigenvalue weighted by Crippen LogP contribution is -2.51. The minimum Gasteiger partial charge on any atom is -0.379 e. The SMILES string of the molecule is CCCCOCCOCCN=C(N)N1CCN(c2ccc(Cl)cc2)CC1.I. The molecule has 27 heavy (non-hydrogen) atoms. The smallest absolute Gasteiger partial charge is 0.191 e. The average Bonchev–Trinajstić information content (AvgIpc) is 2.67. The van der Waals surface area contributed by atoms with Gasteiger partial charge in [0.2, 0.25) is 0 Å². The maximum absolute atomic E-state index is 6.11. The number of aliphatic imine (C=N–C) groups is 1. The van der Waals surface area contributed by atoms with E-state index in [-0.39, 0.29) is 24.0 Å². The normalized spacial score (nSPS) is 15.0. The van der Waals surface area contributed by atoms with Gasteiger partial charge in [0.05, 0.1) is 26.4 Å². The molecule has 6 nitrogen and oxygen atoms in total. The number of ether oxygens (including phenoxy) is 2. The Morgan fingerprint density at radius 1 is 1.04 bits per heavy atom. The maximum atomic E-state index is 6.11. The summed E-state index contributed by atoms with van der Waals surface area (Å²) in [5.41, 5.74) is 7.30. The predicted molar refractivity (Wildman–Crippen MR) is 124 cm³/mol. The molecule has 154 valence electrons. The lowest BCUT2D eigenvalue weighted by molar-refractivity contribution is 0.0497. The van der Waals surface area contributed by atoms with E-state index in [4.69, 9.17) is 26.8 Å². The van der Waals surface area contributed by atoms with Gasteiger partial charge in [-0.25, -0.2) is 0 Å². The molecular formula is C19H32ClIN4O2. The van der Waals surface area contributed by atoms with Crippen molar-refractivity contribution in [2.45, 2.75) is 19.8 Å². The highest BCUT2D eigenvalue weighted by atomic mass is 127. The van der Waals surface area contributed by atoms with Gasteiger partial charge in [0.15, 0.2) is 5.96 Å². The summed E-state index contributed by atoms with van der Waals surface area (Å²) in [6.07, 6.45) is 2.26. The van der Waals surface area contributed by atoms with Crippen LogP contribution in [-0.4, -0.2) is 70.0 Å². The third kappa shape index (κ3) is 9.32. The van der Waals surface area contributed by atoms with Gasteiger partial charge in [-0.1, -0.05) is 24.9 Å². The van der Waals surface area contributed by atoms with Gasteiger partial charge in [-0.3, -0.25) is 4.99 Å². The molecule has 2 N–H and O–H groups in total. The quantitative estimate of drug-likeness (QED) is 0.227. The molecule has 0 bridgehead atoms. The highest BCUT2D eigenvalue weighted by Gasteiger charge is 2.18. The fourth-order valence-corrected chi connectivity index (χ4v) is 2.86. The van der Waals surface area contributed by atoms with Crippen LogP contribution in [0.1, 0.15) is 19.8 Å². The summed E-state index contributed by atoms with van der Waals surface area (Å²) in [5.74, 6) is 0.601. The van der Waals surface area contributed by atoms with E-state index in [1.807, 2.05) is 12.1 Å². The van der Waals surface area contributed by atoms with Crippen molar-refractivity contribution in [2.24, 2.45) is 10.7 Å². The molecule has 0 aromatic heterocycles. The first kappa shape index (κ1) is 24.3. The lowest BCUT2D eigenvalue weighted by atomic mass is 10.2. The summed E-state index contributed by atoms with van der Waals surface area (Å²) >= 11 is 5.95. The van der Waals surface area contributed by atoms with Crippen LogP contribution in [0.15, 0.2) is 29.3 Å². The van der Waals surface area contributed by atoms with Gasteiger partial charge < -0.3 is 25.0 Å². The van der Waals surface area contributed by atoms with Crippen LogP contribution in [0.25, 0.3) is 0 Å². The Balaban J connectivity index is 0.00000364. The van der Waals surface area contributed by atoms with Gasteiger partial charge in [0.25, 0.3) is 0 Å². The summed E-state index contributed by atoms with van der Waals surface area (Å²) in [5, 5.41) is 0.763. The highest BCUT2D eigenvalue weighted by Crippen LogP contribution is 2.19. The molecule has 1 aromatic rings. The molecule has 8 heteroatoms. The first-order chi connectivity index (χ1) is 12.7. The van der Waals surface area contributed by atoms with Crippen molar-refractivity contribution < 1.29 is 9.47 Å². The Hall–Kier alpha value is -0.770. The van der Waals surface area contributed by atoms with E-state index in [2.05, 4.69) is 33.8 Å². The summed E-state index contributed by atoms with van der Waals surface area (Å²) in [4.78, 5) is 8.88. The number of benzene rings is 1. The molecule has 0 amide bonds. The highest BCUT2D eigenvalue weighted by molar-refractivity contribution is 14.0. The zero-order chi connectivity index (χ0) is 18.6. The van der Waals surface area contributed by atoms with Crippen LogP contribution in [0.4, 0.5) is 5.69 Å². The van der Waals surface area contributed by atoms with Crippen LogP contribution in [0.3, 0.4) is 0 Å². The molecule has 0 spiro atoms. The number of hydrogen-bond acceptors (Lipinski definition) is 4. The van der Waals surface area contributed by atoms with Crippen molar-refractivity contribution >= 4 is 47.2 Å². The second kappa shape index (κ2) is 14.3. The van der Waals surface area contributed by atoms with E-state index >= 15 is 0 Å². The minimum absolute atomic E-state index is 0. The molecule has 2 rings (SSSR count). The predicted octanol–water partition coefficient (Wildman–Crippen LogP) is 3.23. The molecule has 1 heterocycles. The largest absolute Gasteiger partial charge is 0.379 e. The topological polar surface area (TPSA) is 63.3 Å². The van der Waals surface area contributed by atoms with Crippen molar-refractivity contribution in [2.75, 3.05) is 64.1 Å². The van der Waals surface area contributed by atoms with Gasteiger partial charge in [-0.05, 0) is 30.7 Å². The number of halogens is 2. The van der Waals surface area contributed by atoms with Gasteiger partial charge >= 0.3 is 0 Å². The first-order valence-corrected chi connectivity index (χ1v) is 9.79. The van der Waals surface area contributed by atoms with E-state index in [9.17, 15) is 0 Å². The first-order valence-electron chi connectivity index (χ1n) is 9.41. The third-order valence-corrected chi connectivity index (χ3v) is 4.57. The Bertz CT molecular complexity index is 537. The zero-order valence-corrected chi connectivity index (χ0v) is 19.2. The second-order valence-corrected chi connectivity index (χ2v) is 6.71.